The second kappa shape index (κ2) is 9.07. The summed E-state index contributed by atoms with van der Waals surface area (Å²) >= 11 is 0. The minimum atomic E-state index is -1.02. The van der Waals surface area contributed by atoms with Crippen molar-refractivity contribution in [3.05, 3.63) is 29.8 Å². The highest BCUT2D eigenvalue weighted by Crippen LogP contribution is 2.29. The molecule has 1 aromatic rings. The molecule has 1 atom stereocenters. The van der Waals surface area contributed by atoms with Crippen LogP contribution < -0.4 is 15.4 Å². The van der Waals surface area contributed by atoms with Crippen LogP contribution in [0, 0.1) is 17.0 Å². The van der Waals surface area contributed by atoms with Crippen LogP contribution in [-0.2, 0) is 9.53 Å². The topological polar surface area (TPSA) is 79.8 Å². The number of ether oxygens (including phenoxy) is 2. The van der Waals surface area contributed by atoms with Gasteiger partial charge in [-0.3, -0.25) is 4.79 Å². The number of hydrogen-bond donors (Lipinski definition) is 3. The predicted molar refractivity (Wildman–Crippen MR) is 87.3 cm³/mol. The van der Waals surface area contributed by atoms with E-state index in [0.717, 1.165) is 25.2 Å². The Morgan fingerprint density at radius 2 is 2.08 bits per heavy atom. The van der Waals surface area contributed by atoms with Gasteiger partial charge in [0.25, 0.3) is 0 Å². The summed E-state index contributed by atoms with van der Waals surface area (Å²) in [5, 5.41) is 15.9. The van der Waals surface area contributed by atoms with E-state index in [4.69, 9.17) is 9.47 Å². The number of carbonyl (C=O) groups is 1. The molecule has 1 unspecified atom stereocenters. The van der Waals surface area contributed by atoms with Gasteiger partial charge in [-0.1, -0.05) is 0 Å². The lowest BCUT2D eigenvalue weighted by molar-refractivity contribution is -0.136. The first-order valence-corrected chi connectivity index (χ1v) is 8.21. The molecule has 3 N–H and O–H groups in total. The predicted octanol–water partition coefficient (Wildman–Crippen LogP) is 0.837. The van der Waals surface area contributed by atoms with E-state index in [1.54, 1.807) is 7.11 Å². The lowest BCUT2D eigenvalue weighted by Crippen LogP contribution is -2.51. The molecule has 0 spiro atoms. The van der Waals surface area contributed by atoms with Crippen LogP contribution in [0.3, 0.4) is 0 Å². The van der Waals surface area contributed by atoms with Gasteiger partial charge in [-0.25, -0.2) is 8.78 Å². The van der Waals surface area contributed by atoms with E-state index in [-0.39, 0.29) is 24.8 Å². The first-order chi connectivity index (χ1) is 12.0. The largest absolute Gasteiger partial charge is 0.491 e. The van der Waals surface area contributed by atoms with Crippen molar-refractivity contribution in [3.63, 3.8) is 0 Å². The fourth-order valence-electron chi connectivity index (χ4n) is 2.83. The number of carbonyl (C=O) groups excluding carboxylic acids is 1. The minimum absolute atomic E-state index is 0.00139. The third kappa shape index (κ3) is 5.35. The average molecular weight is 358 g/mol. The number of rotatable bonds is 8. The average Bonchev–Trinajstić information content (AvgIpc) is 2.61. The second-order valence-electron chi connectivity index (χ2n) is 6.21. The van der Waals surface area contributed by atoms with Gasteiger partial charge in [0.05, 0.1) is 12.0 Å². The highest BCUT2D eigenvalue weighted by atomic mass is 19.2. The van der Waals surface area contributed by atoms with Crippen LogP contribution in [0.15, 0.2) is 18.2 Å². The normalized spacial score (nSPS) is 17.8. The van der Waals surface area contributed by atoms with Gasteiger partial charge in [0.1, 0.15) is 18.5 Å². The third-order valence-corrected chi connectivity index (χ3v) is 4.29. The SMILES string of the molecule is COCC1(C(=O)NCC(O)COc2ccc(F)c(F)c2)CCNCC1. The zero-order valence-electron chi connectivity index (χ0n) is 14.2. The van der Waals surface area contributed by atoms with Crippen molar-refractivity contribution in [3.8, 4) is 5.75 Å². The number of amides is 1. The quantitative estimate of drug-likeness (QED) is 0.642. The highest BCUT2D eigenvalue weighted by molar-refractivity contribution is 5.83. The molecule has 1 aliphatic rings. The van der Waals surface area contributed by atoms with E-state index < -0.39 is 23.2 Å². The van der Waals surface area contributed by atoms with E-state index in [9.17, 15) is 18.7 Å². The van der Waals surface area contributed by atoms with E-state index in [0.29, 0.717) is 19.4 Å². The maximum absolute atomic E-state index is 13.1. The first kappa shape index (κ1) is 19.6. The molecule has 1 aliphatic heterocycles. The van der Waals surface area contributed by atoms with E-state index in [1.807, 2.05) is 0 Å². The third-order valence-electron chi connectivity index (χ3n) is 4.29. The van der Waals surface area contributed by atoms with Gasteiger partial charge in [0.2, 0.25) is 5.91 Å². The number of halogens is 2. The molecule has 2 rings (SSSR count). The van der Waals surface area contributed by atoms with Crippen molar-refractivity contribution in [2.45, 2.75) is 18.9 Å². The molecular formula is C17H24F2N2O4. The molecule has 0 radical (unpaired) electrons. The second-order valence-corrected chi connectivity index (χ2v) is 6.21. The summed E-state index contributed by atoms with van der Waals surface area (Å²) in [4.78, 5) is 12.5. The fourth-order valence-corrected chi connectivity index (χ4v) is 2.83. The van der Waals surface area contributed by atoms with E-state index >= 15 is 0 Å². The van der Waals surface area contributed by atoms with Crippen LogP contribution in [0.2, 0.25) is 0 Å². The summed E-state index contributed by atoms with van der Waals surface area (Å²) in [7, 11) is 1.56. The van der Waals surface area contributed by atoms with Crippen molar-refractivity contribution < 1.29 is 28.2 Å². The van der Waals surface area contributed by atoms with Crippen LogP contribution >= 0.6 is 0 Å². The number of piperidine rings is 1. The van der Waals surface area contributed by atoms with Crippen LogP contribution in [0.5, 0.6) is 5.75 Å². The molecule has 1 heterocycles. The summed E-state index contributed by atoms with van der Waals surface area (Å²) in [6.45, 7) is 1.64. The van der Waals surface area contributed by atoms with Crippen LogP contribution in [0.25, 0.3) is 0 Å². The summed E-state index contributed by atoms with van der Waals surface area (Å²) in [5.74, 6) is -2.04. The smallest absolute Gasteiger partial charge is 0.228 e. The first-order valence-electron chi connectivity index (χ1n) is 8.21. The molecule has 140 valence electrons. The Balaban J connectivity index is 1.80. The Labute approximate surface area is 145 Å². The molecule has 0 saturated carbocycles. The van der Waals surface area contributed by atoms with E-state index in [1.165, 1.54) is 6.07 Å². The lowest BCUT2D eigenvalue weighted by atomic mass is 9.78. The molecule has 1 aromatic carbocycles. The lowest BCUT2D eigenvalue weighted by Gasteiger charge is -2.35. The van der Waals surface area contributed by atoms with Crippen LogP contribution in [0.1, 0.15) is 12.8 Å². The van der Waals surface area contributed by atoms with Crippen molar-refractivity contribution in [1.82, 2.24) is 10.6 Å². The summed E-state index contributed by atoms with van der Waals surface area (Å²) in [6.07, 6.45) is 0.348. The van der Waals surface area contributed by atoms with E-state index in [2.05, 4.69) is 10.6 Å². The Morgan fingerprint density at radius 3 is 2.72 bits per heavy atom. The standard InChI is InChI=1S/C17H24F2N2O4/c1-24-11-17(4-6-20-7-5-17)16(23)21-9-12(22)10-25-13-2-3-14(18)15(19)8-13/h2-3,8,12,20,22H,4-7,9-11H2,1H3,(H,21,23). The highest BCUT2D eigenvalue weighted by Gasteiger charge is 2.39. The zero-order valence-corrected chi connectivity index (χ0v) is 14.2. The fraction of sp³-hybridized carbons (Fsp3) is 0.588. The van der Waals surface area contributed by atoms with Crippen molar-refractivity contribution in [2.75, 3.05) is 40.0 Å². The zero-order chi connectivity index (χ0) is 18.3. The Morgan fingerprint density at radius 1 is 1.36 bits per heavy atom. The monoisotopic (exact) mass is 358 g/mol. The van der Waals surface area contributed by atoms with Crippen molar-refractivity contribution in [1.29, 1.82) is 0 Å². The molecular weight excluding hydrogens is 334 g/mol. The molecule has 1 fully saturated rings. The molecule has 8 heteroatoms. The van der Waals surface area contributed by atoms with Gasteiger partial charge < -0.3 is 25.2 Å². The molecule has 0 bridgehead atoms. The summed E-state index contributed by atoms with van der Waals surface area (Å²) in [6, 6.07) is 3.13. The molecule has 1 amide bonds. The summed E-state index contributed by atoms with van der Waals surface area (Å²) < 4.78 is 36.3. The number of aliphatic hydroxyl groups excluding tert-OH is 1. The van der Waals surface area contributed by atoms with Gasteiger partial charge in [0.15, 0.2) is 11.6 Å². The molecule has 6 nitrogen and oxygen atoms in total. The van der Waals surface area contributed by atoms with Gasteiger partial charge in [-0.05, 0) is 38.1 Å². The van der Waals surface area contributed by atoms with Gasteiger partial charge in [-0.15, -0.1) is 0 Å². The van der Waals surface area contributed by atoms with Gasteiger partial charge in [-0.2, -0.15) is 0 Å². The van der Waals surface area contributed by atoms with Crippen LogP contribution in [0.4, 0.5) is 8.78 Å². The number of aliphatic hydroxyl groups is 1. The summed E-state index contributed by atoms with van der Waals surface area (Å²) in [5.41, 5.74) is -0.597. The maximum Gasteiger partial charge on any atom is 0.228 e. The molecule has 0 aliphatic carbocycles. The Bertz CT molecular complexity index is 574. The number of methoxy groups -OCH3 is 1. The molecule has 25 heavy (non-hydrogen) atoms. The van der Waals surface area contributed by atoms with Crippen molar-refractivity contribution >= 4 is 5.91 Å². The molecule has 1 saturated heterocycles. The number of hydrogen-bond acceptors (Lipinski definition) is 5. The minimum Gasteiger partial charge on any atom is -0.491 e. The van der Waals surface area contributed by atoms with Gasteiger partial charge >= 0.3 is 0 Å². The van der Waals surface area contributed by atoms with Crippen LogP contribution in [-0.4, -0.2) is 57.1 Å². The number of benzene rings is 1. The number of nitrogens with one attached hydrogen (secondary N) is 2. The van der Waals surface area contributed by atoms with Crippen molar-refractivity contribution in [2.24, 2.45) is 5.41 Å². The Hall–Kier alpha value is -1.77. The molecule has 0 aromatic heterocycles. The Kier molecular flexibility index (Phi) is 7.10. The van der Waals surface area contributed by atoms with Gasteiger partial charge in [0, 0.05) is 19.7 Å². The maximum atomic E-state index is 13.1.